The molecule has 0 aliphatic rings. The first-order valence-electron chi connectivity index (χ1n) is 10.9. The van der Waals surface area contributed by atoms with Crippen molar-refractivity contribution in [2.24, 2.45) is 0 Å². The number of aromatic nitrogens is 2. The van der Waals surface area contributed by atoms with Crippen LogP contribution < -0.4 is 20.7 Å². The van der Waals surface area contributed by atoms with Crippen LogP contribution in [0.15, 0.2) is 85.9 Å². The Morgan fingerprint density at radius 3 is 2.51 bits per heavy atom. The number of benzene rings is 3. The molecule has 3 aromatic carbocycles. The molecule has 0 spiro atoms. The first-order valence-corrected chi connectivity index (χ1v) is 11.9. The van der Waals surface area contributed by atoms with Crippen LogP contribution in [0.4, 0.5) is 0 Å². The van der Waals surface area contributed by atoms with E-state index in [1.54, 1.807) is 43.1 Å². The lowest BCUT2D eigenvalue weighted by atomic mass is 10.1. The van der Waals surface area contributed by atoms with E-state index in [4.69, 9.17) is 18.9 Å². The molecule has 0 aliphatic heterocycles. The van der Waals surface area contributed by atoms with Gasteiger partial charge in [-0.05, 0) is 48.4 Å². The zero-order valence-electron chi connectivity index (χ0n) is 19.4. The van der Waals surface area contributed by atoms with E-state index in [1.807, 2.05) is 43.3 Å². The third kappa shape index (κ3) is 4.28. The van der Waals surface area contributed by atoms with Gasteiger partial charge in [0.2, 0.25) is 0 Å². The fourth-order valence-corrected chi connectivity index (χ4v) is 5.00. The third-order valence-corrected chi connectivity index (χ3v) is 6.70. The number of hydrogen-bond donors (Lipinski definition) is 0. The van der Waals surface area contributed by atoms with E-state index in [2.05, 4.69) is 0 Å². The Morgan fingerprint density at radius 2 is 1.71 bits per heavy atom. The van der Waals surface area contributed by atoms with Crippen molar-refractivity contribution >= 4 is 33.6 Å². The molecule has 0 bridgehead atoms. The summed E-state index contributed by atoms with van der Waals surface area (Å²) in [5.74, 6) is 1.48. The van der Waals surface area contributed by atoms with E-state index in [-0.39, 0.29) is 5.56 Å². The summed E-state index contributed by atoms with van der Waals surface area (Å²) in [6.45, 7) is 1.95. The summed E-state index contributed by atoms with van der Waals surface area (Å²) in [7, 11) is 3.11. The lowest BCUT2D eigenvalue weighted by Gasteiger charge is -2.15. The van der Waals surface area contributed by atoms with Crippen molar-refractivity contribution < 1.29 is 13.9 Å². The number of methoxy groups -OCH3 is 2. The van der Waals surface area contributed by atoms with Gasteiger partial charge in [-0.1, -0.05) is 36.0 Å². The Bertz CT molecular complexity index is 1690. The predicted molar refractivity (Wildman–Crippen MR) is 137 cm³/mol. The predicted octanol–water partition coefficient (Wildman–Crippen LogP) is 5.11. The van der Waals surface area contributed by atoms with Gasteiger partial charge in [-0.25, -0.2) is 9.78 Å². The molecule has 2 heterocycles. The van der Waals surface area contributed by atoms with Crippen molar-refractivity contribution in [3.63, 3.8) is 0 Å². The third-order valence-electron chi connectivity index (χ3n) is 5.71. The first kappa shape index (κ1) is 22.7. The van der Waals surface area contributed by atoms with Gasteiger partial charge in [0.1, 0.15) is 5.58 Å². The minimum Gasteiger partial charge on any atom is -0.493 e. The smallest absolute Gasteiger partial charge is 0.336 e. The molecule has 176 valence electrons. The fourth-order valence-electron chi connectivity index (χ4n) is 4.00. The van der Waals surface area contributed by atoms with Crippen LogP contribution in [0.3, 0.4) is 0 Å². The van der Waals surface area contributed by atoms with E-state index in [9.17, 15) is 9.59 Å². The molecule has 0 unspecified atom stereocenters. The molecule has 0 saturated carbocycles. The van der Waals surface area contributed by atoms with Crippen LogP contribution in [0.1, 0.15) is 11.1 Å². The summed E-state index contributed by atoms with van der Waals surface area (Å²) in [5, 5.41) is 1.85. The van der Waals surface area contributed by atoms with Gasteiger partial charge in [-0.15, -0.1) is 0 Å². The Labute approximate surface area is 204 Å². The number of para-hydroxylation sites is 1. The van der Waals surface area contributed by atoms with Gasteiger partial charge in [0.25, 0.3) is 5.56 Å². The van der Waals surface area contributed by atoms with Crippen LogP contribution in [0.5, 0.6) is 11.5 Å². The van der Waals surface area contributed by atoms with Gasteiger partial charge in [-0.3, -0.25) is 9.36 Å². The van der Waals surface area contributed by atoms with Crippen molar-refractivity contribution in [3.8, 4) is 17.2 Å². The second-order valence-corrected chi connectivity index (χ2v) is 8.91. The molecule has 0 amide bonds. The Hall–Kier alpha value is -4.04. The van der Waals surface area contributed by atoms with Gasteiger partial charge >= 0.3 is 5.63 Å². The minimum absolute atomic E-state index is 0.196. The number of aryl methyl sites for hydroxylation is 1. The highest BCUT2D eigenvalue weighted by atomic mass is 32.2. The molecule has 7 nitrogen and oxygen atoms in total. The number of hydrogen-bond acceptors (Lipinski definition) is 7. The maximum atomic E-state index is 13.6. The van der Waals surface area contributed by atoms with Crippen molar-refractivity contribution in [2.45, 2.75) is 17.8 Å². The van der Waals surface area contributed by atoms with E-state index >= 15 is 0 Å². The van der Waals surface area contributed by atoms with Crippen LogP contribution in [-0.2, 0) is 5.75 Å². The highest BCUT2D eigenvalue weighted by molar-refractivity contribution is 7.98. The zero-order chi connectivity index (χ0) is 24.5. The largest absolute Gasteiger partial charge is 0.493 e. The summed E-state index contributed by atoms with van der Waals surface area (Å²) in [6.07, 6.45) is 0. The quantitative estimate of drug-likeness (QED) is 0.187. The maximum Gasteiger partial charge on any atom is 0.336 e. The van der Waals surface area contributed by atoms with Crippen LogP contribution in [0, 0.1) is 6.92 Å². The van der Waals surface area contributed by atoms with Crippen molar-refractivity contribution in [1.82, 2.24) is 9.55 Å². The lowest BCUT2D eigenvalue weighted by molar-refractivity contribution is 0.354. The van der Waals surface area contributed by atoms with Crippen molar-refractivity contribution in [1.29, 1.82) is 0 Å². The zero-order valence-corrected chi connectivity index (χ0v) is 20.2. The van der Waals surface area contributed by atoms with E-state index in [1.165, 1.54) is 17.8 Å². The van der Waals surface area contributed by atoms with Crippen LogP contribution in [-0.4, -0.2) is 23.8 Å². The van der Waals surface area contributed by atoms with Crippen LogP contribution in [0.25, 0.3) is 27.6 Å². The molecule has 0 saturated heterocycles. The second kappa shape index (κ2) is 9.31. The Kier molecular flexibility index (Phi) is 6.05. The molecule has 8 heteroatoms. The highest BCUT2D eigenvalue weighted by Crippen LogP contribution is 2.32. The van der Waals surface area contributed by atoms with Gasteiger partial charge in [-0.2, -0.15) is 0 Å². The lowest BCUT2D eigenvalue weighted by Crippen LogP contribution is -2.21. The number of fused-ring (bicyclic) bond motifs is 2. The summed E-state index contributed by atoms with van der Waals surface area (Å²) in [6, 6.07) is 19.8. The average Bonchev–Trinajstić information content (AvgIpc) is 2.86. The molecule has 5 aromatic rings. The molecule has 0 aliphatic carbocycles. The maximum absolute atomic E-state index is 13.6. The van der Waals surface area contributed by atoms with Gasteiger partial charge in [0.05, 0.1) is 30.8 Å². The topological polar surface area (TPSA) is 83.6 Å². The molecule has 2 aromatic heterocycles. The van der Waals surface area contributed by atoms with Crippen LogP contribution in [0.2, 0.25) is 0 Å². The summed E-state index contributed by atoms with van der Waals surface area (Å²) < 4.78 is 17.8. The fraction of sp³-hybridized carbons (Fsp3) is 0.148. The molecule has 0 atom stereocenters. The molecular weight excluding hydrogens is 464 g/mol. The monoisotopic (exact) mass is 486 g/mol. The average molecular weight is 487 g/mol. The molecule has 35 heavy (non-hydrogen) atoms. The number of rotatable bonds is 6. The summed E-state index contributed by atoms with van der Waals surface area (Å²) >= 11 is 1.37. The second-order valence-electron chi connectivity index (χ2n) is 7.97. The van der Waals surface area contributed by atoms with Crippen molar-refractivity contribution in [3.05, 3.63) is 98.6 Å². The normalized spacial score (nSPS) is 11.2. The Balaban J connectivity index is 1.65. The van der Waals surface area contributed by atoms with E-state index < -0.39 is 5.63 Å². The van der Waals surface area contributed by atoms with E-state index in [0.717, 1.165) is 16.5 Å². The molecule has 5 rings (SSSR count). The number of nitrogens with zero attached hydrogens (tertiary/aromatic N) is 2. The van der Waals surface area contributed by atoms with E-state index in [0.29, 0.717) is 44.6 Å². The molecule has 0 fully saturated rings. The summed E-state index contributed by atoms with van der Waals surface area (Å²) in [4.78, 5) is 30.6. The Morgan fingerprint density at radius 1 is 0.914 bits per heavy atom. The molecule has 0 N–H and O–H groups in total. The minimum atomic E-state index is -0.414. The number of thioether (sulfide) groups is 1. The number of ether oxygens (including phenoxy) is 2. The van der Waals surface area contributed by atoms with Gasteiger partial charge in [0, 0.05) is 23.3 Å². The van der Waals surface area contributed by atoms with Crippen LogP contribution >= 0.6 is 11.8 Å². The SMILES string of the molecule is COc1ccc(-n2c(SCc3cc(=O)oc4cc(C)ccc34)nc3ccccc3c2=O)cc1OC. The standard InChI is InChI=1S/C27H22N2O5S/c1-16-8-10-19-17(13-25(30)34-23(19)12-16)15-35-27-28-21-7-5-4-6-20(21)26(31)29(27)18-9-11-22(32-2)24(14-18)33-3/h4-14H,15H2,1-3H3. The highest BCUT2D eigenvalue weighted by Gasteiger charge is 2.16. The first-order chi connectivity index (χ1) is 17.0. The van der Waals surface area contributed by atoms with Gasteiger partial charge < -0.3 is 13.9 Å². The van der Waals surface area contributed by atoms with Gasteiger partial charge in [0.15, 0.2) is 16.7 Å². The summed E-state index contributed by atoms with van der Waals surface area (Å²) in [5.41, 5.74) is 2.94. The molecular formula is C27H22N2O5S. The van der Waals surface area contributed by atoms with Crippen molar-refractivity contribution in [2.75, 3.05) is 14.2 Å². The molecule has 0 radical (unpaired) electrons.